The number of para-hydroxylation sites is 1. The predicted molar refractivity (Wildman–Crippen MR) is 78.5 cm³/mol. The molecular weight excluding hydrogens is 258 g/mol. The van der Waals surface area contributed by atoms with Gasteiger partial charge in [0.15, 0.2) is 0 Å². The van der Waals surface area contributed by atoms with Gasteiger partial charge >= 0.3 is 0 Å². The summed E-state index contributed by atoms with van der Waals surface area (Å²) in [6, 6.07) is 16.4. The Kier molecular flexibility index (Phi) is 4.86. The molecule has 0 aromatic heterocycles. The Labute approximate surface area is 116 Å². The van der Waals surface area contributed by atoms with Crippen molar-refractivity contribution < 1.29 is 9.90 Å². The van der Waals surface area contributed by atoms with Gasteiger partial charge in [-0.25, -0.2) is 0 Å². The van der Waals surface area contributed by atoms with Crippen LogP contribution in [-0.2, 0) is 4.79 Å². The van der Waals surface area contributed by atoms with E-state index in [2.05, 4.69) is 5.32 Å². The summed E-state index contributed by atoms with van der Waals surface area (Å²) in [5, 5.41) is 12.2. The average Bonchev–Trinajstić information content (AvgIpc) is 2.40. The second-order valence-electron chi connectivity index (χ2n) is 4.01. The zero-order chi connectivity index (χ0) is 13.5. The minimum atomic E-state index is -0.00106. The zero-order valence-corrected chi connectivity index (χ0v) is 11.2. The minimum absolute atomic E-state index is 0.00106. The van der Waals surface area contributed by atoms with Crippen molar-refractivity contribution >= 4 is 23.4 Å². The minimum Gasteiger partial charge on any atom is -0.508 e. The molecule has 0 aliphatic heterocycles. The Balaban J connectivity index is 1.75. The Hall–Kier alpha value is -1.94. The van der Waals surface area contributed by atoms with E-state index in [1.807, 2.05) is 36.4 Å². The molecule has 0 spiro atoms. The maximum Gasteiger partial charge on any atom is 0.225 e. The molecule has 4 heteroatoms. The maximum atomic E-state index is 11.7. The molecule has 0 aliphatic carbocycles. The van der Waals surface area contributed by atoms with Gasteiger partial charge in [-0.05, 0) is 30.3 Å². The van der Waals surface area contributed by atoms with Crippen molar-refractivity contribution in [1.29, 1.82) is 0 Å². The van der Waals surface area contributed by atoms with Gasteiger partial charge in [-0.3, -0.25) is 4.79 Å². The van der Waals surface area contributed by atoms with Crippen LogP contribution in [-0.4, -0.2) is 16.8 Å². The number of benzene rings is 2. The first-order valence-electron chi connectivity index (χ1n) is 6.01. The second-order valence-corrected chi connectivity index (χ2v) is 5.18. The van der Waals surface area contributed by atoms with E-state index in [-0.39, 0.29) is 11.7 Å². The lowest BCUT2D eigenvalue weighted by Crippen LogP contribution is -2.11. The van der Waals surface area contributed by atoms with Crippen molar-refractivity contribution in [3.63, 3.8) is 0 Å². The number of nitrogens with one attached hydrogen (secondary N) is 1. The molecule has 98 valence electrons. The van der Waals surface area contributed by atoms with Crippen molar-refractivity contribution in [1.82, 2.24) is 0 Å². The molecule has 2 aromatic rings. The number of phenolic OH excluding ortho intramolecular Hbond substituents is 1. The zero-order valence-electron chi connectivity index (χ0n) is 10.4. The predicted octanol–water partition coefficient (Wildman–Crippen LogP) is 3.51. The summed E-state index contributed by atoms with van der Waals surface area (Å²) in [4.78, 5) is 12.7. The van der Waals surface area contributed by atoms with E-state index in [4.69, 9.17) is 0 Å². The first-order chi connectivity index (χ1) is 9.24. The Bertz CT molecular complexity index is 543. The standard InChI is InChI=1S/C15H15NO2S/c17-13-7-4-8-14(11-13)19-10-9-15(18)16-12-5-2-1-3-6-12/h1-8,11,17H,9-10H2,(H,16,18). The molecule has 0 atom stereocenters. The third kappa shape index (κ3) is 4.67. The number of carbonyl (C=O) groups excluding carboxylic acids is 1. The van der Waals surface area contributed by atoms with Crippen LogP contribution in [0.5, 0.6) is 5.75 Å². The molecule has 2 aromatic carbocycles. The van der Waals surface area contributed by atoms with Crippen LogP contribution in [0, 0.1) is 0 Å². The van der Waals surface area contributed by atoms with Crippen LogP contribution >= 0.6 is 11.8 Å². The first kappa shape index (κ1) is 13.5. The Morgan fingerprint density at radius 1 is 1.11 bits per heavy atom. The highest BCUT2D eigenvalue weighted by molar-refractivity contribution is 7.99. The van der Waals surface area contributed by atoms with Gasteiger partial charge < -0.3 is 10.4 Å². The molecule has 0 saturated heterocycles. The molecule has 0 aliphatic rings. The number of anilines is 1. The molecule has 19 heavy (non-hydrogen) atoms. The normalized spacial score (nSPS) is 10.1. The van der Waals surface area contributed by atoms with Crippen molar-refractivity contribution in [2.45, 2.75) is 11.3 Å². The number of hydrogen-bond donors (Lipinski definition) is 2. The van der Waals surface area contributed by atoms with Gasteiger partial charge in [0.1, 0.15) is 5.75 Å². The fourth-order valence-electron chi connectivity index (χ4n) is 1.58. The quantitative estimate of drug-likeness (QED) is 0.820. The molecule has 2 N–H and O–H groups in total. The maximum absolute atomic E-state index is 11.7. The highest BCUT2D eigenvalue weighted by Crippen LogP contribution is 2.22. The number of carbonyl (C=O) groups is 1. The van der Waals surface area contributed by atoms with Crippen LogP contribution < -0.4 is 5.32 Å². The number of amides is 1. The Morgan fingerprint density at radius 3 is 2.63 bits per heavy atom. The van der Waals surface area contributed by atoms with Gasteiger partial charge in [-0.1, -0.05) is 24.3 Å². The van der Waals surface area contributed by atoms with Gasteiger partial charge in [0.2, 0.25) is 5.91 Å². The third-order valence-corrected chi connectivity index (χ3v) is 3.47. The smallest absolute Gasteiger partial charge is 0.225 e. The largest absolute Gasteiger partial charge is 0.508 e. The number of rotatable bonds is 5. The van der Waals surface area contributed by atoms with Crippen LogP contribution in [0.1, 0.15) is 6.42 Å². The SMILES string of the molecule is O=C(CCSc1cccc(O)c1)Nc1ccccc1. The molecule has 0 heterocycles. The van der Waals surface area contributed by atoms with Crippen LogP contribution in [0.3, 0.4) is 0 Å². The highest BCUT2D eigenvalue weighted by atomic mass is 32.2. The lowest BCUT2D eigenvalue weighted by atomic mass is 10.3. The fraction of sp³-hybridized carbons (Fsp3) is 0.133. The van der Waals surface area contributed by atoms with Crippen LogP contribution in [0.25, 0.3) is 0 Å². The monoisotopic (exact) mass is 273 g/mol. The number of thioether (sulfide) groups is 1. The fourth-order valence-corrected chi connectivity index (χ4v) is 2.48. The highest BCUT2D eigenvalue weighted by Gasteiger charge is 2.03. The lowest BCUT2D eigenvalue weighted by molar-refractivity contribution is -0.115. The van der Waals surface area contributed by atoms with Gasteiger partial charge in [0.25, 0.3) is 0 Å². The van der Waals surface area contributed by atoms with E-state index in [0.717, 1.165) is 10.6 Å². The van der Waals surface area contributed by atoms with Gasteiger partial charge in [0, 0.05) is 22.8 Å². The van der Waals surface area contributed by atoms with Crippen molar-refractivity contribution in [2.75, 3.05) is 11.1 Å². The number of phenols is 1. The topological polar surface area (TPSA) is 49.3 Å². The van der Waals surface area contributed by atoms with Crippen LogP contribution in [0.4, 0.5) is 5.69 Å². The van der Waals surface area contributed by atoms with E-state index in [0.29, 0.717) is 12.2 Å². The number of aromatic hydroxyl groups is 1. The van der Waals surface area contributed by atoms with Crippen LogP contribution in [0.15, 0.2) is 59.5 Å². The van der Waals surface area contributed by atoms with E-state index in [9.17, 15) is 9.90 Å². The van der Waals surface area contributed by atoms with Crippen LogP contribution in [0.2, 0.25) is 0 Å². The summed E-state index contributed by atoms with van der Waals surface area (Å²) < 4.78 is 0. The molecule has 3 nitrogen and oxygen atoms in total. The summed E-state index contributed by atoms with van der Waals surface area (Å²) in [6.07, 6.45) is 0.440. The average molecular weight is 273 g/mol. The first-order valence-corrected chi connectivity index (χ1v) is 6.99. The van der Waals surface area contributed by atoms with E-state index in [1.54, 1.807) is 30.0 Å². The molecule has 0 bridgehead atoms. The lowest BCUT2D eigenvalue weighted by Gasteiger charge is -2.05. The summed E-state index contributed by atoms with van der Waals surface area (Å²) in [5.74, 6) is 0.930. The molecule has 0 radical (unpaired) electrons. The Morgan fingerprint density at radius 2 is 1.89 bits per heavy atom. The third-order valence-electron chi connectivity index (χ3n) is 2.47. The molecular formula is C15H15NO2S. The molecule has 1 amide bonds. The summed E-state index contributed by atoms with van der Waals surface area (Å²) in [7, 11) is 0. The second kappa shape index (κ2) is 6.85. The molecule has 0 saturated carbocycles. The number of hydrogen-bond acceptors (Lipinski definition) is 3. The van der Waals surface area contributed by atoms with E-state index in [1.165, 1.54) is 0 Å². The van der Waals surface area contributed by atoms with E-state index >= 15 is 0 Å². The molecule has 0 unspecified atom stereocenters. The van der Waals surface area contributed by atoms with Crippen molar-refractivity contribution in [3.05, 3.63) is 54.6 Å². The summed E-state index contributed by atoms with van der Waals surface area (Å²) >= 11 is 1.55. The summed E-state index contributed by atoms with van der Waals surface area (Å²) in [6.45, 7) is 0. The van der Waals surface area contributed by atoms with Crippen molar-refractivity contribution in [2.24, 2.45) is 0 Å². The van der Waals surface area contributed by atoms with Gasteiger partial charge in [-0.15, -0.1) is 11.8 Å². The summed E-state index contributed by atoms with van der Waals surface area (Å²) in [5.41, 5.74) is 0.815. The van der Waals surface area contributed by atoms with E-state index < -0.39 is 0 Å². The molecule has 2 rings (SSSR count). The van der Waals surface area contributed by atoms with Crippen molar-refractivity contribution in [3.8, 4) is 5.75 Å². The molecule has 0 fully saturated rings. The van der Waals surface area contributed by atoms with Gasteiger partial charge in [0.05, 0.1) is 0 Å². The van der Waals surface area contributed by atoms with Gasteiger partial charge in [-0.2, -0.15) is 0 Å².